The van der Waals surface area contributed by atoms with Crippen molar-refractivity contribution in [1.29, 1.82) is 0 Å². The molecule has 0 bridgehead atoms. The normalized spacial score (nSPS) is 22.6. The summed E-state index contributed by atoms with van der Waals surface area (Å²) in [6.45, 7) is 2.51. The first-order valence-corrected chi connectivity index (χ1v) is 8.16. The number of halogens is 2. The first-order valence-electron chi connectivity index (χ1n) is 6.99. The highest BCUT2D eigenvalue weighted by molar-refractivity contribution is 9.10. The number of nitrogens with two attached hydrogens (primary N) is 1. The molecule has 2 unspecified atom stereocenters. The number of carbonyl (C=O) groups is 1. The Labute approximate surface area is 133 Å². The third-order valence-electron chi connectivity index (χ3n) is 4.05. The van der Waals surface area contributed by atoms with Crippen LogP contribution in [-0.4, -0.2) is 12.5 Å². The summed E-state index contributed by atoms with van der Waals surface area (Å²) in [5, 5.41) is 3.64. The summed E-state index contributed by atoms with van der Waals surface area (Å²) < 4.78 is 0.854. The zero-order chi connectivity index (χ0) is 14.7. The molecule has 0 radical (unpaired) electrons. The fourth-order valence-electron chi connectivity index (χ4n) is 2.80. The van der Waals surface area contributed by atoms with Gasteiger partial charge >= 0.3 is 0 Å². The predicted molar refractivity (Wildman–Crippen MR) is 87.0 cm³/mol. The molecule has 1 aromatic carbocycles. The molecule has 3 nitrogen and oxygen atoms in total. The number of hydrogen-bond donors (Lipinski definition) is 2. The van der Waals surface area contributed by atoms with Crippen LogP contribution in [0.4, 0.5) is 5.69 Å². The molecule has 1 aliphatic carbocycles. The Morgan fingerprint density at radius 2 is 2.15 bits per heavy atom. The minimum absolute atomic E-state index is 0.0146. The molecule has 5 heteroatoms. The van der Waals surface area contributed by atoms with Crippen LogP contribution in [-0.2, 0) is 4.79 Å². The number of hydrogen-bond acceptors (Lipinski definition) is 2. The van der Waals surface area contributed by atoms with Gasteiger partial charge in [-0.2, -0.15) is 0 Å². The highest BCUT2D eigenvalue weighted by Gasteiger charge is 2.30. The van der Waals surface area contributed by atoms with Crippen molar-refractivity contribution < 1.29 is 4.79 Å². The summed E-state index contributed by atoms with van der Waals surface area (Å²) in [4.78, 5) is 12.5. The number of benzene rings is 1. The number of carbonyl (C=O) groups excluding carboxylic acids is 1. The maximum absolute atomic E-state index is 12.5. The van der Waals surface area contributed by atoms with Gasteiger partial charge in [0.1, 0.15) is 0 Å². The summed E-state index contributed by atoms with van der Waals surface area (Å²) in [5.74, 6) is 0.366. The molecule has 0 saturated heterocycles. The molecule has 0 aliphatic heterocycles. The van der Waals surface area contributed by atoms with E-state index in [0.717, 1.165) is 35.0 Å². The summed E-state index contributed by atoms with van der Waals surface area (Å²) >= 11 is 9.59. The maximum atomic E-state index is 12.5. The first-order chi connectivity index (χ1) is 9.52. The summed E-state index contributed by atoms with van der Waals surface area (Å²) in [6, 6.07) is 3.71. The van der Waals surface area contributed by atoms with Crippen LogP contribution in [0.3, 0.4) is 0 Å². The second-order valence-corrected chi connectivity index (χ2v) is 6.72. The van der Waals surface area contributed by atoms with Gasteiger partial charge in [0, 0.05) is 15.4 Å². The molecule has 0 spiro atoms. The minimum Gasteiger partial charge on any atom is -0.330 e. The van der Waals surface area contributed by atoms with E-state index < -0.39 is 0 Å². The quantitative estimate of drug-likeness (QED) is 0.853. The number of nitrogens with one attached hydrogen (secondary N) is 1. The second-order valence-electron chi connectivity index (χ2n) is 5.46. The van der Waals surface area contributed by atoms with E-state index in [1.807, 2.05) is 13.0 Å². The molecule has 1 amide bonds. The Bertz CT molecular complexity index is 507. The van der Waals surface area contributed by atoms with Crippen LogP contribution in [0.25, 0.3) is 0 Å². The fourth-order valence-corrected chi connectivity index (χ4v) is 3.52. The largest absolute Gasteiger partial charge is 0.330 e. The molecule has 1 fully saturated rings. The third-order valence-corrected chi connectivity index (χ3v) is 5.12. The predicted octanol–water partition coefficient (Wildman–Crippen LogP) is 4.11. The van der Waals surface area contributed by atoms with Gasteiger partial charge in [0.15, 0.2) is 0 Å². The van der Waals surface area contributed by atoms with E-state index in [-0.39, 0.29) is 11.8 Å². The molecule has 1 saturated carbocycles. The smallest absolute Gasteiger partial charge is 0.227 e. The summed E-state index contributed by atoms with van der Waals surface area (Å²) in [5.41, 5.74) is 7.50. The number of aryl methyl sites for hydroxylation is 1. The zero-order valence-corrected chi connectivity index (χ0v) is 13.9. The van der Waals surface area contributed by atoms with Crippen LogP contribution in [0.15, 0.2) is 16.6 Å². The molecule has 0 aromatic heterocycles. The Morgan fingerprint density at radius 1 is 1.45 bits per heavy atom. The van der Waals surface area contributed by atoms with Crippen molar-refractivity contribution in [2.75, 3.05) is 11.9 Å². The molecule has 110 valence electrons. The topological polar surface area (TPSA) is 55.1 Å². The monoisotopic (exact) mass is 358 g/mol. The lowest BCUT2D eigenvalue weighted by molar-refractivity contribution is -0.122. The molecule has 1 aromatic rings. The lowest BCUT2D eigenvalue weighted by Crippen LogP contribution is -2.35. The van der Waals surface area contributed by atoms with E-state index in [4.69, 9.17) is 17.3 Å². The van der Waals surface area contributed by atoms with E-state index >= 15 is 0 Å². The van der Waals surface area contributed by atoms with Crippen LogP contribution in [0.5, 0.6) is 0 Å². The Balaban J connectivity index is 2.13. The highest BCUT2D eigenvalue weighted by atomic mass is 79.9. The molecule has 2 atom stereocenters. The summed E-state index contributed by atoms with van der Waals surface area (Å²) in [7, 11) is 0. The van der Waals surface area contributed by atoms with Gasteiger partial charge in [0.25, 0.3) is 0 Å². The molecular weight excluding hydrogens is 340 g/mol. The maximum Gasteiger partial charge on any atom is 0.227 e. The van der Waals surface area contributed by atoms with Gasteiger partial charge in [-0.3, -0.25) is 4.79 Å². The zero-order valence-electron chi connectivity index (χ0n) is 11.6. The van der Waals surface area contributed by atoms with Gasteiger partial charge in [-0.25, -0.2) is 0 Å². The standard InChI is InChI=1S/C15H20BrClN2O/c1-9-6-12(16)14(7-13(9)17)19-15(20)11-5-3-2-4-10(11)8-18/h6-7,10-11H,2-5,8,18H2,1H3,(H,19,20). The van der Waals surface area contributed by atoms with Gasteiger partial charge in [-0.1, -0.05) is 24.4 Å². The highest BCUT2D eigenvalue weighted by Crippen LogP contribution is 2.33. The number of anilines is 1. The molecular formula is C15H20BrClN2O. The lowest BCUT2D eigenvalue weighted by atomic mass is 9.78. The van der Waals surface area contributed by atoms with Crippen LogP contribution in [0.2, 0.25) is 5.02 Å². The van der Waals surface area contributed by atoms with Crippen molar-refractivity contribution >= 4 is 39.1 Å². The lowest BCUT2D eigenvalue weighted by Gasteiger charge is -2.29. The van der Waals surface area contributed by atoms with Crippen LogP contribution >= 0.6 is 27.5 Å². The van der Waals surface area contributed by atoms with Crippen LogP contribution < -0.4 is 11.1 Å². The van der Waals surface area contributed by atoms with Crippen LogP contribution in [0, 0.1) is 18.8 Å². The number of amides is 1. The van der Waals surface area contributed by atoms with Crippen molar-refractivity contribution in [3.8, 4) is 0 Å². The third kappa shape index (κ3) is 3.54. The SMILES string of the molecule is Cc1cc(Br)c(NC(=O)C2CCCCC2CN)cc1Cl. The molecule has 20 heavy (non-hydrogen) atoms. The fraction of sp³-hybridized carbons (Fsp3) is 0.533. The van der Waals surface area contributed by atoms with Crippen molar-refractivity contribution in [3.05, 3.63) is 27.2 Å². The number of rotatable bonds is 3. The molecule has 2 rings (SSSR count). The van der Waals surface area contributed by atoms with Crippen molar-refractivity contribution in [1.82, 2.24) is 0 Å². The Morgan fingerprint density at radius 3 is 2.85 bits per heavy atom. The van der Waals surface area contributed by atoms with E-state index in [1.54, 1.807) is 6.07 Å². The van der Waals surface area contributed by atoms with Crippen molar-refractivity contribution in [2.24, 2.45) is 17.6 Å². The van der Waals surface area contributed by atoms with Gasteiger partial charge in [0.05, 0.1) is 5.69 Å². The van der Waals surface area contributed by atoms with Gasteiger partial charge in [-0.15, -0.1) is 0 Å². The van der Waals surface area contributed by atoms with Crippen molar-refractivity contribution in [2.45, 2.75) is 32.6 Å². The Kier molecular flexibility index (Phi) is 5.47. The van der Waals surface area contributed by atoms with Gasteiger partial charge in [-0.05, 0) is 65.9 Å². The van der Waals surface area contributed by atoms with E-state index in [0.29, 0.717) is 17.5 Å². The first kappa shape index (κ1) is 15.8. The van der Waals surface area contributed by atoms with Gasteiger partial charge in [0.2, 0.25) is 5.91 Å². The Hall–Kier alpha value is -0.580. The van der Waals surface area contributed by atoms with E-state index in [2.05, 4.69) is 21.2 Å². The van der Waals surface area contributed by atoms with Gasteiger partial charge < -0.3 is 11.1 Å². The summed E-state index contributed by atoms with van der Waals surface area (Å²) in [6.07, 6.45) is 4.24. The minimum atomic E-state index is 0.0146. The molecule has 1 aliphatic rings. The van der Waals surface area contributed by atoms with E-state index in [9.17, 15) is 4.79 Å². The van der Waals surface area contributed by atoms with Crippen LogP contribution in [0.1, 0.15) is 31.2 Å². The average Bonchev–Trinajstić information content (AvgIpc) is 2.44. The van der Waals surface area contributed by atoms with Crippen molar-refractivity contribution in [3.63, 3.8) is 0 Å². The second kappa shape index (κ2) is 6.92. The average molecular weight is 360 g/mol. The molecule has 3 N–H and O–H groups in total. The van der Waals surface area contributed by atoms with E-state index in [1.165, 1.54) is 6.42 Å². The molecule has 0 heterocycles.